The number of carbonyl (C=O) groups is 1. The highest BCUT2D eigenvalue weighted by Gasteiger charge is 2.18. The molecule has 4 heterocycles. The third kappa shape index (κ3) is 2.85. The van der Waals surface area contributed by atoms with Crippen molar-refractivity contribution < 1.29 is 19.1 Å². The van der Waals surface area contributed by atoms with Crippen molar-refractivity contribution in [3.63, 3.8) is 0 Å². The lowest BCUT2D eigenvalue weighted by molar-refractivity contribution is 0.0697. The maximum absolute atomic E-state index is 11.4. The van der Waals surface area contributed by atoms with Crippen LogP contribution in [0.2, 0.25) is 0 Å². The Morgan fingerprint density at radius 1 is 1.21 bits per heavy atom. The van der Waals surface area contributed by atoms with Crippen LogP contribution in [0.5, 0.6) is 11.5 Å². The Morgan fingerprint density at radius 2 is 2.07 bits per heavy atom. The Bertz CT molecular complexity index is 1400. The van der Waals surface area contributed by atoms with Gasteiger partial charge in [-0.3, -0.25) is 4.98 Å². The summed E-state index contributed by atoms with van der Waals surface area (Å²) in [6, 6.07) is 8.95. The molecule has 0 aliphatic rings. The lowest BCUT2D eigenvalue weighted by Crippen LogP contribution is -1.96. The van der Waals surface area contributed by atoms with Crippen LogP contribution in [0.1, 0.15) is 16.1 Å². The maximum Gasteiger partial charge on any atom is 0.339 e. The van der Waals surface area contributed by atoms with Crippen LogP contribution in [0.25, 0.3) is 31.9 Å². The smallest absolute Gasteiger partial charge is 0.339 e. The number of carboxylic acids is 1. The Labute approximate surface area is 168 Å². The van der Waals surface area contributed by atoms with Gasteiger partial charge < -0.3 is 18.8 Å². The van der Waals surface area contributed by atoms with E-state index in [1.54, 1.807) is 54.9 Å². The Hall–Kier alpha value is -3.65. The van der Waals surface area contributed by atoms with Crippen molar-refractivity contribution in [2.75, 3.05) is 0 Å². The molecule has 0 aliphatic carbocycles. The number of thiophene rings is 1. The van der Waals surface area contributed by atoms with Crippen molar-refractivity contribution in [3.05, 3.63) is 60.2 Å². The molecule has 4 aromatic heterocycles. The Balaban J connectivity index is 1.56. The molecular formula is C21H15N3O4S. The molecule has 0 radical (unpaired) electrons. The maximum atomic E-state index is 11.4. The number of ether oxygens (including phenoxy) is 1. The summed E-state index contributed by atoms with van der Waals surface area (Å²) >= 11 is 1.56. The van der Waals surface area contributed by atoms with Crippen LogP contribution in [0.15, 0.2) is 53.3 Å². The van der Waals surface area contributed by atoms with Crippen molar-refractivity contribution in [2.45, 2.75) is 6.92 Å². The molecule has 0 amide bonds. The minimum absolute atomic E-state index is 0.177. The molecular weight excluding hydrogens is 390 g/mol. The largest absolute Gasteiger partial charge is 0.478 e. The number of fused-ring (bicyclic) bond motifs is 2. The summed E-state index contributed by atoms with van der Waals surface area (Å²) in [7, 11) is 1.95. The quantitative estimate of drug-likeness (QED) is 0.440. The predicted molar refractivity (Wildman–Crippen MR) is 110 cm³/mol. The topological polar surface area (TPSA) is 90.4 Å². The van der Waals surface area contributed by atoms with Crippen LogP contribution in [-0.2, 0) is 7.05 Å². The number of carboxylic acid groups (broad SMARTS) is 1. The summed E-state index contributed by atoms with van der Waals surface area (Å²) in [5, 5.41) is 9.92. The molecule has 5 aromatic rings. The van der Waals surface area contributed by atoms with Gasteiger partial charge in [0.15, 0.2) is 0 Å². The third-order valence-corrected chi connectivity index (χ3v) is 5.83. The van der Waals surface area contributed by atoms with Gasteiger partial charge in [0.05, 0.1) is 15.1 Å². The molecule has 0 saturated heterocycles. The number of aromatic nitrogens is 3. The number of imidazole rings is 1. The number of hydrogen-bond donors (Lipinski definition) is 1. The molecule has 0 fully saturated rings. The average Bonchev–Trinajstić information content (AvgIpc) is 3.37. The summed E-state index contributed by atoms with van der Waals surface area (Å²) in [5.41, 5.74) is 1.48. The van der Waals surface area contributed by atoms with Crippen LogP contribution in [-0.4, -0.2) is 25.6 Å². The van der Waals surface area contributed by atoms with Gasteiger partial charge in [0.25, 0.3) is 0 Å². The number of rotatable bonds is 4. The molecule has 0 aliphatic heterocycles. The number of hydrogen-bond acceptors (Lipinski definition) is 6. The molecule has 0 bridgehead atoms. The van der Waals surface area contributed by atoms with Gasteiger partial charge in [-0.1, -0.05) is 0 Å². The number of benzene rings is 1. The second kappa shape index (κ2) is 6.46. The predicted octanol–water partition coefficient (Wildman–Crippen LogP) is 5.24. The lowest BCUT2D eigenvalue weighted by atomic mass is 10.1. The van der Waals surface area contributed by atoms with E-state index >= 15 is 0 Å². The summed E-state index contributed by atoms with van der Waals surface area (Å²) < 4.78 is 14.6. The van der Waals surface area contributed by atoms with E-state index in [4.69, 9.17) is 9.15 Å². The molecule has 0 atom stereocenters. The highest BCUT2D eigenvalue weighted by molar-refractivity contribution is 7.22. The van der Waals surface area contributed by atoms with E-state index in [-0.39, 0.29) is 5.56 Å². The second-order valence-corrected chi connectivity index (χ2v) is 7.65. The lowest BCUT2D eigenvalue weighted by Gasteiger charge is -2.06. The van der Waals surface area contributed by atoms with E-state index in [0.29, 0.717) is 28.2 Å². The number of pyridine rings is 1. The van der Waals surface area contributed by atoms with E-state index in [1.165, 1.54) is 0 Å². The first-order valence-electron chi connectivity index (χ1n) is 8.82. The van der Waals surface area contributed by atoms with E-state index in [2.05, 4.69) is 9.97 Å². The first-order chi connectivity index (χ1) is 14.0. The zero-order valence-corrected chi connectivity index (χ0v) is 16.4. The van der Waals surface area contributed by atoms with Crippen LogP contribution < -0.4 is 4.74 Å². The van der Waals surface area contributed by atoms with Gasteiger partial charge >= 0.3 is 5.97 Å². The molecule has 5 rings (SSSR count). The van der Waals surface area contributed by atoms with E-state index in [9.17, 15) is 9.90 Å². The summed E-state index contributed by atoms with van der Waals surface area (Å²) in [6.45, 7) is 1.64. The number of aromatic carboxylic acids is 1. The SMILES string of the molecule is Cc1oc2cc(Oc3ccnc4cc(-c5nccn5C)sc34)ccc2c1C(=O)O. The molecule has 7 nitrogen and oxygen atoms in total. The van der Waals surface area contributed by atoms with Crippen molar-refractivity contribution in [1.82, 2.24) is 14.5 Å². The fourth-order valence-electron chi connectivity index (χ4n) is 3.36. The molecule has 1 aromatic carbocycles. The van der Waals surface area contributed by atoms with Gasteiger partial charge in [0.1, 0.15) is 34.2 Å². The first-order valence-corrected chi connectivity index (χ1v) is 9.63. The van der Waals surface area contributed by atoms with Crippen molar-refractivity contribution in [1.29, 1.82) is 0 Å². The molecule has 29 heavy (non-hydrogen) atoms. The highest BCUT2D eigenvalue weighted by Crippen LogP contribution is 2.39. The van der Waals surface area contributed by atoms with Crippen LogP contribution in [0.4, 0.5) is 0 Å². The van der Waals surface area contributed by atoms with Crippen LogP contribution in [0.3, 0.4) is 0 Å². The van der Waals surface area contributed by atoms with Gasteiger partial charge in [-0.05, 0) is 25.1 Å². The molecule has 0 spiro atoms. The Morgan fingerprint density at radius 3 is 2.83 bits per heavy atom. The highest BCUT2D eigenvalue weighted by atomic mass is 32.1. The van der Waals surface area contributed by atoms with E-state index in [0.717, 1.165) is 20.9 Å². The zero-order chi connectivity index (χ0) is 20.1. The van der Waals surface area contributed by atoms with Gasteiger partial charge in [-0.2, -0.15) is 0 Å². The van der Waals surface area contributed by atoms with E-state index < -0.39 is 5.97 Å². The van der Waals surface area contributed by atoms with Crippen molar-refractivity contribution in [3.8, 4) is 22.2 Å². The summed E-state index contributed by atoms with van der Waals surface area (Å²) in [4.78, 5) is 21.3. The van der Waals surface area contributed by atoms with Gasteiger partial charge in [0.2, 0.25) is 0 Å². The fraction of sp³-hybridized carbons (Fsp3) is 0.0952. The zero-order valence-electron chi connectivity index (χ0n) is 15.5. The normalized spacial score (nSPS) is 11.4. The van der Waals surface area contributed by atoms with Gasteiger partial charge in [-0.25, -0.2) is 9.78 Å². The first kappa shape index (κ1) is 17.4. The summed E-state index contributed by atoms with van der Waals surface area (Å²) in [6.07, 6.45) is 5.36. The minimum Gasteiger partial charge on any atom is -0.478 e. The molecule has 0 unspecified atom stereocenters. The van der Waals surface area contributed by atoms with Crippen LogP contribution >= 0.6 is 11.3 Å². The number of nitrogens with zero attached hydrogens (tertiary/aromatic N) is 3. The van der Waals surface area contributed by atoms with Gasteiger partial charge in [-0.15, -0.1) is 11.3 Å². The summed E-state index contributed by atoms with van der Waals surface area (Å²) in [5.74, 6) is 1.46. The van der Waals surface area contributed by atoms with Gasteiger partial charge in [0, 0.05) is 43.2 Å². The van der Waals surface area contributed by atoms with Crippen LogP contribution in [0, 0.1) is 6.92 Å². The van der Waals surface area contributed by atoms with Crippen molar-refractivity contribution in [2.24, 2.45) is 7.05 Å². The fourth-order valence-corrected chi connectivity index (χ4v) is 4.47. The monoisotopic (exact) mass is 405 g/mol. The average molecular weight is 405 g/mol. The minimum atomic E-state index is -1.01. The standard InChI is InChI=1S/C21H15N3O4S/c1-11-18(21(25)26)13-4-3-12(9-16(13)27-11)28-15-5-6-22-14-10-17(29-19(14)15)20-23-7-8-24(20)2/h3-10H,1-2H3,(H,25,26). The Kier molecular flexibility index (Phi) is 3.88. The molecule has 1 N–H and O–H groups in total. The molecule has 144 valence electrons. The van der Waals surface area contributed by atoms with E-state index in [1.807, 2.05) is 23.9 Å². The number of furan rings is 1. The second-order valence-electron chi connectivity index (χ2n) is 6.59. The van der Waals surface area contributed by atoms with Crippen molar-refractivity contribution >= 4 is 38.5 Å². The molecule has 0 saturated carbocycles. The third-order valence-electron chi connectivity index (χ3n) is 4.70. The number of aryl methyl sites for hydroxylation is 2. The molecule has 8 heteroatoms.